The second-order valence-corrected chi connectivity index (χ2v) is 5.68. The van der Waals surface area contributed by atoms with Crippen molar-refractivity contribution in [3.8, 4) is 11.5 Å². The molecule has 0 bridgehead atoms. The third kappa shape index (κ3) is 5.41. The van der Waals surface area contributed by atoms with E-state index in [0.29, 0.717) is 6.04 Å². The van der Waals surface area contributed by atoms with Gasteiger partial charge in [0.05, 0.1) is 14.2 Å². The van der Waals surface area contributed by atoms with Crippen molar-refractivity contribution in [2.45, 2.75) is 46.1 Å². The summed E-state index contributed by atoms with van der Waals surface area (Å²) in [5.74, 6) is 2.37. The molecule has 1 atom stereocenters. The molecular weight excluding hydrogens is 250 g/mol. The maximum Gasteiger partial charge on any atom is 0.161 e. The normalized spacial score (nSPS) is 12.5. The highest BCUT2D eigenvalue weighted by atomic mass is 16.5. The summed E-state index contributed by atoms with van der Waals surface area (Å²) in [6.07, 6.45) is 3.84. The van der Waals surface area contributed by atoms with E-state index in [0.717, 1.165) is 24.0 Å². The molecule has 1 unspecified atom stereocenters. The van der Waals surface area contributed by atoms with E-state index in [2.05, 4.69) is 32.2 Å². The van der Waals surface area contributed by atoms with Crippen molar-refractivity contribution in [2.24, 2.45) is 5.92 Å². The van der Waals surface area contributed by atoms with Gasteiger partial charge < -0.3 is 14.8 Å². The lowest BCUT2D eigenvalue weighted by Crippen LogP contribution is -2.20. The van der Waals surface area contributed by atoms with Crippen LogP contribution in [0.5, 0.6) is 11.5 Å². The van der Waals surface area contributed by atoms with Gasteiger partial charge in [0.25, 0.3) is 0 Å². The van der Waals surface area contributed by atoms with Crippen LogP contribution in [0.2, 0.25) is 0 Å². The number of methoxy groups -OCH3 is 2. The minimum atomic E-state index is 0.328. The van der Waals surface area contributed by atoms with Gasteiger partial charge >= 0.3 is 0 Å². The largest absolute Gasteiger partial charge is 0.493 e. The van der Waals surface area contributed by atoms with Crippen LogP contribution in [0.3, 0.4) is 0 Å². The van der Waals surface area contributed by atoms with E-state index in [1.165, 1.54) is 24.8 Å². The summed E-state index contributed by atoms with van der Waals surface area (Å²) in [4.78, 5) is 0. The first-order chi connectivity index (χ1) is 9.58. The van der Waals surface area contributed by atoms with Crippen molar-refractivity contribution in [1.82, 2.24) is 5.32 Å². The Kier molecular flexibility index (Phi) is 7.45. The molecule has 1 aromatic carbocycles. The smallest absolute Gasteiger partial charge is 0.161 e. The zero-order valence-corrected chi connectivity index (χ0v) is 13.5. The van der Waals surface area contributed by atoms with Gasteiger partial charge in [-0.25, -0.2) is 0 Å². The van der Waals surface area contributed by atoms with Crippen LogP contribution < -0.4 is 14.8 Å². The standard InChI is InChI=1S/C17H29NO2/c1-13(2)8-6-7-11-18-14(3)15-9-10-16(19-4)17(12-15)20-5/h9-10,12-14,18H,6-8,11H2,1-5H3. The Morgan fingerprint density at radius 2 is 1.70 bits per heavy atom. The van der Waals surface area contributed by atoms with E-state index < -0.39 is 0 Å². The molecule has 0 spiro atoms. The summed E-state index contributed by atoms with van der Waals surface area (Å²) in [7, 11) is 3.33. The summed E-state index contributed by atoms with van der Waals surface area (Å²) in [5, 5.41) is 3.57. The first-order valence-electron chi connectivity index (χ1n) is 7.53. The topological polar surface area (TPSA) is 30.5 Å². The Morgan fingerprint density at radius 1 is 1.00 bits per heavy atom. The second kappa shape index (κ2) is 8.85. The highest BCUT2D eigenvalue weighted by Gasteiger charge is 2.09. The van der Waals surface area contributed by atoms with Crippen molar-refractivity contribution >= 4 is 0 Å². The first kappa shape index (κ1) is 16.8. The van der Waals surface area contributed by atoms with Crippen LogP contribution in [0.4, 0.5) is 0 Å². The molecule has 1 N–H and O–H groups in total. The van der Waals surface area contributed by atoms with E-state index in [1.54, 1.807) is 14.2 Å². The average Bonchev–Trinajstić information content (AvgIpc) is 2.45. The van der Waals surface area contributed by atoms with Gasteiger partial charge in [0.1, 0.15) is 0 Å². The number of rotatable bonds is 9. The second-order valence-electron chi connectivity index (χ2n) is 5.68. The molecule has 0 aliphatic heterocycles. The van der Waals surface area contributed by atoms with Crippen LogP contribution in [0.25, 0.3) is 0 Å². The predicted octanol–water partition coefficient (Wildman–Crippen LogP) is 4.18. The minimum Gasteiger partial charge on any atom is -0.493 e. The fourth-order valence-electron chi connectivity index (χ4n) is 2.24. The summed E-state index contributed by atoms with van der Waals surface area (Å²) in [6.45, 7) is 7.80. The van der Waals surface area contributed by atoms with E-state index in [-0.39, 0.29) is 0 Å². The molecule has 1 aromatic rings. The maximum atomic E-state index is 5.34. The molecule has 0 aliphatic carbocycles. The molecule has 0 fully saturated rings. The molecule has 0 saturated heterocycles. The number of benzene rings is 1. The fraction of sp³-hybridized carbons (Fsp3) is 0.647. The Hall–Kier alpha value is -1.22. The molecular formula is C17H29NO2. The minimum absolute atomic E-state index is 0.328. The first-order valence-corrected chi connectivity index (χ1v) is 7.53. The average molecular weight is 279 g/mol. The molecule has 114 valence electrons. The molecule has 0 aliphatic rings. The van der Waals surface area contributed by atoms with Gasteiger partial charge in [-0.05, 0) is 43.5 Å². The number of ether oxygens (including phenoxy) is 2. The SMILES string of the molecule is COc1ccc(C(C)NCCCCC(C)C)cc1OC. The Labute approximate surface area is 123 Å². The highest BCUT2D eigenvalue weighted by Crippen LogP contribution is 2.29. The van der Waals surface area contributed by atoms with Gasteiger partial charge in [0, 0.05) is 6.04 Å². The quantitative estimate of drug-likeness (QED) is 0.688. The van der Waals surface area contributed by atoms with Crippen molar-refractivity contribution in [2.75, 3.05) is 20.8 Å². The van der Waals surface area contributed by atoms with Gasteiger partial charge in [0.15, 0.2) is 11.5 Å². The maximum absolute atomic E-state index is 5.34. The van der Waals surface area contributed by atoms with Gasteiger partial charge in [-0.15, -0.1) is 0 Å². The lowest BCUT2D eigenvalue weighted by molar-refractivity contribution is 0.354. The van der Waals surface area contributed by atoms with Crippen molar-refractivity contribution < 1.29 is 9.47 Å². The molecule has 3 heteroatoms. The van der Waals surface area contributed by atoms with Gasteiger partial charge in [-0.2, -0.15) is 0 Å². The lowest BCUT2D eigenvalue weighted by atomic mass is 10.1. The van der Waals surface area contributed by atoms with Crippen molar-refractivity contribution in [3.63, 3.8) is 0 Å². The van der Waals surface area contributed by atoms with E-state index in [1.807, 2.05) is 12.1 Å². The molecule has 0 amide bonds. The molecule has 0 radical (unpaired) electrons. The van der Waals surface area contributed by atoms with Crippen LogP contribution in [0.1, 0.15) is 51.6 Å². The van der Waals surface area contributed by atoms with Crippen molar-refractivity contribution in [3.05, 3.63) is 23.8 Å². The zero-order chi connectivity index (χ0) is 15.0. The lowest BCUT2D eigenvalue weighted by Gasteiger charge is -2.16. The monoisotopic (exact) mass is 279 g/mol. The summed E-state index contributed by atoms with van der Waals surface area (Å²) < 4.78 is 10.6. The molecule has 1 rings (SSSR count). The van der Waals surface area contributed by atoms with Crippen LogP contribution in [0.15, 0.2) is 18.2 Å². The highest BCUT2D eigenvalue weighted by molar-refractivity contribution is 5.43. The number of unbranched alkanes of at least 4 members (excludes halogenated alkanes) is 1. The third-order valence-electron chi connectivity index (χ3n) is 3.57. The van der Waals surface area contributed by atoms with E-state index in [4.69, 9.17) is 9.47 Å². The number of hydrogen-bond acceptors (Lipinski definition) is 3. The Morgan fingerprint density at radius 3 is 2.30 bits per heavy atom. The third-order valence-corrected chi connectivity index (χ3v) is 3.57. The molecule has 3 nitrogen and oxygen atoms in total. The Bertz CT molecular complexity index is 391. The Balaban J connectivity index is 2.45. The van der Waals surface area contributed by atoms with Crippen molar-refractivity contribution in [1.29, 1.82) is 0 Å². The van der Waals surface area contributed by atoms with E-state index in [9.17, 15) is 0 Å². The predicted molar refractivity (Wildman–Crippen MR) is 84.7 cm³/mol. The van der Waals surface area contributed by atoms with Gasteiger partial charge in [0.2, 0.25) is 0 Å². The fourth-order valence-corrected chi connectivity index (χ4v) is 2.24. The number of hydrogen-bond donors (Lipinski definition) is 1. The molecule has 0 saturated carbocycles. The van der Waals surface area contributed by atoms with Crippen LogP contribution in [-0.2, 0) is 0 Å². The molecule has 0 heterocycles. The molecule has 20 heavy (non-hydrogen) atoms. The van der Waals surface area contributed by atoms with Crippen LogP contribution in [-0.4, -0.2) is 20.8 Å². The molecule has 0 aromatic heterocycles. The van der Waals surface area contributed by atoms with Crippen LogP contribution in [0, 0.1) is 5.92 Å². The van der Waals surface area contributed by atoms with Crippen LogP contribution >= 0.6 is 0 Å². The summed E-state index contributed by atoms with van der Waals surface area (Å²) >= 11 is 0. The van der Waals surface area contributed by atoms with Gasteiger partial charge in [-0.3, -0.25) is 0 Å². The van der Waals surface area contributed by atoms with Gasteiger partial charge in [-0.1, -0.05) is 32.8 Å². The summed E-state index contributed by atoms with van der Waals surface area (Å²) in [6, 6.07) is 6.43. The zero-order valence-electron chi connectivity index (χ0n) is 13.5. The number of nitrogens with one attached hydrogen (secondary N) is 1. The summed E-state index contributed by atoms with van der Waals surface area (Å²) in [5.41, 5.74) is 1.23. The van der Waals surface area contributed by atoms with E-state index >= 15 is 0 Å².